The van der Waals surface area contributed by atoms with Crippen molar-refractivity contribution in [3.8, 4) is 5.75 Å². The van der Waals surface area contributed by atoms with Gasteiger partial charge in [-0.3, -0.25) is 4.79 Å². The molecule has 3 rings (SSSR count). The van der Waals surface area contributed by atoms with Crippen molar-refractivity contribution in [1.82, 2.24) is 4.90 Å². The van der Waals surface area contributed by atoms with Crippen LogP contribution in [0.25, 0.3) is 0 Å². The number of nitrogens with zero attached hydrogens (tertiary/aromatic N) is 1. The highest BCUT2D eigenvalue weighted by Crippen LogP contribution is 2.30. The largest absolute Gasteiger partial charge is 0.490 e. The second-order valence-corrected chi connectivity index (χ2v) is 8.69. The summed E-state index contributed by atoms with van der Waals surface area (Å²) >= 11 is 0. The molecule has 4 nitrogen and oxygen atoms in total. The molecule has 1 saturated heterocycles. The third kappa shape index (κ3) is 6.30. The number of carbonyl (C=O) groups is 1. The number of carbonyl (C=O) groups excluding carboxylic acids is 1. The van der Waals surface area contributed by atoms with Crippen LogP contribution in [0.1, 0.15) is 45.1 Å². The van der Waals surface area contributed by atoms with E-state index in [2.05, 4.69) is 29.3 Å². The lowest BCUT2D eigenvalue weighted by molar-refractivity contribution is -0.118. The van der Waals surface area contributed by atoms with Crippen LogP contribution in [0, 0.1) is 17.7 Å². The van der Waals surface area contributed by atoms with E-state index in [0.717, 1.165) is 38.2 Å². The average molecular weight is 413 g/mol. The van der Waals surface area contributed by atoms with Gasteiger partial charge in [-0.25, -0.2) is 4.39 Å². The first-order chi connectivity index (χ1) is 14.4. The predicted molar refractivity (Wildman–Crippen MR) is 119 cm³/mol. The molecule has 162 valence electrons. The van der Waals surface area contributed by atoms with Crippen molar-refractivity contribution in [2.75, 3.05) is 31.6 Å². The zero-order chi connectivity index (χ0) is 21.5. The number of likely N-dealkylation sites (tertiary alicyclic amines) is 1. The third-order valence-corrected chi connectivity index (χ3v) is 5.67. The number of rotatable bonds is 8. The molecule has 1 fully saturated rings. The molecule has 0 spiro atoms. The summed E-state index contributed by atoms with van der Waals surface area (Å²) in [6.07, 6.45) is 2.20. The molecule has 0 aromatic heterocycles. The number of benzene rings is 2. The normalized spacial score (nSPS) is 16.4. The standard InChI is InChI=1S/C25H33FN2O2/c1-18(2)25(29)27-22-8-6-7-21(15-22)20-11-13-28(14-12-20)16-19(3)17-30-24-10-5-4-9-23(24)26/h4-10,15,18-20H,11-14,16-17H2,1-3H3,(H,27,29). The van der Waals surface area contributed by atoms with E-state index in [-0.39, 0.29) is 17.6 Å². The van der Waals surface area contributed by atoms with Gasteiger partial charge in [0.2, 0.25) is 5.91 Å². The molecule has 1 aliphatic rings. The van der Waals surface area contributed by atoms with Crippen LogP contribution in [0.4, 0.5) is 10.1 Å². The Kier molecular flexibility index (Phi) is 7.86. The van der Waals surface area contributed by atoms with Crippen molar-refractivity contribution in [3.63, 3.8) is 0 Å². The Bertz CT molecular complexity index is 831. The second kappa shape index (κ2) is 10.6. The molecule has 2 aromatic carbocycles. The summed E-state index contributed by atoms with van der Waals surface area (Å²) in [6, 6.07) is 14.8. The highest BCUT2D eigenvalue weighted by Gasteiger charge is 2.22. The summed E-state index contributed by atoms with van der Waals surface area (Å²) in [6.45, 7) is 9.49. The van der Waals surface area contributed by atoms with E-state index in [9.17, 15) is 9.18 Å². The number of anilines is 1. The number of hydrogen-bond donors (Lipinski definition) is 1. The maximum absolute atomic E-state index is 13.7. The quantitative estimate of drug-likeness (QED) is 0.638. The fraction of sp³-hybridized carbons (Fsp3) is 0.480. The molecule has 0 bridgehead atoms. The third-order valence-electron chi connectivity index (χ3n) is 5.67. The summed E-state index contributed by atoms with van der Waals surface area (Å²) < 4.78 is 19.3. The second-order valence-electron chi connectivity index (χ2n) is 8.69. The number of halogens is 1. The molecule has 30 heavy (non-hydrogen) atoms. The number of hydrogen-bond acceptors (Lipinski definition) is 3. The van der Waals surface area contributed by atoms with Crippen LogP contribution in [-0.2, 0) is 4.79 Å². The average Bonchev–Trinajstić information content (AvgIpc) is 2.74. The Morgan fingerprint density at radius 1 is 1.13 bits per heavy atom. The van der Waals surface area contributed by atoms with Gasteiger partial charge in [-0.15, -0.1) is 0 Å². The maximum Gasteiger partial charge on any atom is 0.226 e. The Hall–Kier alpha value is -2.40. The minimum Gasteiger partial charge on any atom is -0.490 e. The monoisotopic (exact) mass is 412 g/mol. The van der Waals surface area contributed by atoms with E-state index in [4.69, 9.17) is 4.74 Å². The van der Waals surface area contributed by atoms with Crippen LogP contribution in [0.5, 0.6) is 5.75 Å². The van der Waals surface area contributed by atoms with E-state index in [1.165, 1.54) is 11.6 Å². The van der Waals surface area contributed by atoms with Crippen molar-refractivity contribution in [2.24, 2.45) is 11.8 Å². The maximum atomic E-state index is 13.7. The highest BCUT2D eigenvalue weighted by atomic mass is 19.1. The smallest absolute Gasteiger partial charge is 0.226 e. The predicted octanol–water partition coefficient (Wildman–Crippen LogP) is 5.31. The number of ether oxygens (including phenoxy) is 1. The molecule has 0 saturated carbocycles. The van der Waals surface area contributed by atoms with Crippen molar-refractivity contribution >= 4 is 11.6 Å². The molecular formula is C25H33FN2O2. The van der Waals surface area contributed by atoms with Crippen LogP contribution in [0.15, 0.2) is 48.5 Å². The summed E-state index contributed by atoms with van der Waals surface area (Å²) in [5, 5.41) is 3.00. The zero-order valence-corrected chi connectivity index (χ0v) is 18.2. The summed E-state index contributed by atoms with van der Waals surface area (Å²) in [5.41, 5.74) is 2.18. The molecule has 1 heterocycles. The number of piperidine rings is 1. The minimum atomic E-state index is -0.308. The number of amides is 1. The van der Waals surface area contributed by atoms with E-state index in [1.807, 2.05) is 26.0 Å². The first-order valence-corrected chi connectivity index (χ1v) is 10.9. The van der Waals surface area contributed by atoms with Gasteiger partial charge in [0.1, 0.15) is 0 Å². The van der Waals surface area contributed by atoms with Gasteiger partial charge in [0.05, 0.1) is 6.61 Å². The van der Waals surface area contributed by atoms with Gasteiger partial charge < -0.3 is 15.0 Å². The molecule has 1 N–H and O–H groups in total. The fourth-order valence-corrected chi connectivity index (χ4v) is 3.89. The van der Waals surface area contributed by atoms with Gasteiger partial charge in [0, 0.05) is 24.1 Å². The summed E-state index contributed by atoms with van der Waals surface area (Å²) in [4.78, 5) is 14.4. The van der Waals surface area contributed by atoms with Crippen LogP contribution in [0.2, 0.25) is 0 Å². The van der Waals surface area contributed by atoms with Gasteiger partial charge in [-0.1, -0.05) is 45.0 Å². The molecule has 1 amide bonds. The molecule has 0 radical (unpaired) electrons. The highest BCUT2D eigenvalue weighted by molar-refractivity contribution is 5.92. The fourth-order valence-electron chi connectivity index (χ4n) is 3.89. The molecular weight excluding hydrogens is 379 g/mol. The van der Waals surface area contributed by atoms with Crippen molar-refractivity contribution in [3.05, 3.63) is 59.9 Å². The number of para-hydroxylation sites is 1. The van der Waals surface area contributed by atoms with E-state index in [0.29, 0.717) is 24.2 Å². The zero-order valence-electron chi connectivity index (χ0n) is 18.2. The molecule has 0 aliphatic carbocycles. The van der Waals surface area contributed by atoms with Gasteiger partial charge in [-0.05, 0) is 61.7 Å². The van der Waals surface area contributed by atoms with Crippen LogP contribution < -0.4 is 10.1 Å². The van der Waals surface area contributed by atoms with E-state index in [1.54, 1.807) is 18.2 Å². The van der Waals surface area contributed by atoms with Crippen LogP contribution in [-0.4, -0.2) is 37.0 Å². The Balaban J connectivity index is 1.45. The molecule has 2 aromatic rings. The van der Waals surface area contributed by atoms with Crippen LogP contribution in [0.3, 0.4) is 0 Å². The van der Waals surface area contributed by atoms with E-state index >= 15 is 0 Å². The van der Waals surface area contributed by atoms with E-state index < -0.39 is 0 Å². The lowest BCUT2D eigenvalue weighted by Crippen LogP contribution is -2.37. The minimum absolute atomic E-state index is 0.0266. The lowest BCUT2D eigenvalue weighted by Gasteiger charge is -2.33. The van der Waals surface area contributed by atoms with Gasteiger partial charge in [-0.2, -0.15) is 0 Å². The van der Waals surface area contributed by atoms with Crippen molar-refractivity contribution in [1.29, 1.82) is 0 Å². The SMILES string of the molecule is CC(COc1ccccc1F)CN1CCC(c2cccc(NC(=O)C(C)C)c2)CC1. The molecule has 5 heteroatoms. The summed E-state index contributed by atoms with van der Waals surface area (Å²) in [7, 11) is 0. The van der Waals surface area contributed by atoms with Crippen molar-refractivity contribution in [2.45, 2.75) is 39.5 Å². The first kappa shape index (κ1) is 22.3. The lowest BCUT2D eigenvalue weighted by atomic mass is 9.89. The Morgan fingerprint density at radius 3 is 2.57 bits per heavy atom. The topological polar surface area (TPSA) is 41.6 Å². The Labute approximate surface area is 179 Å². The van der Waals surface area contributed by atoms with Gasteiger partial charge in [0.25, 0.3) is 0 Å². The van der Waals surface area contributed by atoms with Crippen molar-refractivity contribution < 1.29 is 13.9 Å². The van der Waals surface area contributed by atoms with Crippen LogP contribution >= 0.6 is 0 Å². The molecule has 1 unspecified atom stereocenters. The molecule has 1 aliphatic heterocycles. The Morgan fingerprint density at radius 2 is 1.87 bits per heavy atom. The van der Waals surface area contributed by atoms with Gasteiger partial charge >= 0.3 is 0 Å². The number of nitrogens with one attached hydrogen (secondary N) is 1. The first-order valence-electron chi connectivity index (χ1n) is 10.9. The summed E-state index contributed by atoms with van der Waals surface area (Å²) in [5.74, 6) is 0.887. The van der Waals surface area contributed by atoms with Gasteiger partial charge in [0.15, 0.2) is 11.6 Å². The molecule has 1 atom stereocenters.